The van der Waals surface area contributed by atoms with Gasteiger partial charge in [0.2, 0.25) is 0 Å². The molecular formula is C10H14N4O. The molecule has 0 amide bonds. The van der Waals surface area contributed by atoms with Crippen LogP contribution in [0, 0.1) is 13.8 Å². The van der Waals surface area contributed by atoms with Crippen molar-refractivity contribution in [2.75, 3.05) is 5.73 Å². The Bertz CT molecular complexity index is 484. The van der Waals surface area contributed by atoms with Gasteiger partial charge < -0.3 is 10.3 Å². The smallest absolute Gasteiger partial charge is 0.134 e. The van der Waals surface area contributed by atoms with Crippen LogP contribution in [0.25, 0.3) is 11.4 Å². The van der Waals surface area contributed by atoms with Gasteiger partial charge in [-0.05, 0) is 20.8 Å². The summed E-state index contributed by atoms with van der Waals surface area (Å²) in [6, 6.07) is 1.86. The van der Waals surface area contributed by atoms with Crippen molar-refractivity contribution in [3.05, 3.63) is 17.5 Å². The molecule has 0 spiro atoms. The topological polar surface area (TPSA) is 69.9 Å². The quantitative estimate of drug-likeness (QED) is 0.812. The van der Waals surface area contributed by atoms with Crippen LogP contribution in [0.2, 0.25) is 0 Å². The third-order valence-corrected chi connectivity index (χ3v) is 2.34. The maximum Gasteiger partial charge on any atom is 0.134 e. The van der Waals surface area contributed by atoms with E-state index in [1.54, 1.807) is 0 Å². The van der Waals surface area contributed by atoms with Crippen molar-refractivity contribution in [1.82, 2.24) is 14.9 Å². The lowest BCUT2D eigenvalue weighted by Gasteiger charge is -2.00. The van der Waals surface area contributed by atoms with Gasteiger partial charge >= 0.3 is 0 Å². The van der Waals surface area contributed by atoms with Crippen molar-refractivity contribution in [2.24, 2.45) is 0 Å². The maximum atomic E-state index is 5.96. The van der Waals surface area contributed by atoms with Crippen LogP contribution < -0.4 is 5.73 Å². The Morgan fingerprint density at radius 2 is 2.20 bits per heavy atom. The minimum Gasteiger partial charge on any atom is -0.395 e. The number of nitrogens with zero attached hydrogens (tertiary/aromatic N) is 3. The van der Waals surface area contributed by atoms with Gasteiger partial charge in [-0.2, -0.15) is 5.10 Å². The van der Waals surface area contributed by atoms with Gasteiger partial charge in [0, 0.05) is 12.6 Å². The number of anilines is 1. The normalized spacial score (nSPS) is 10.9. The number of hydrogen-bond donors (Lipinski definition) is 1. The highest BCUT2D eigenvalue weighted by Crippen LogP contribution is 2.27. The molecule has 0 bridgehead atoms. The number of hydrogen-bond acceptors (Lipinski definition) is 4. The Balaban J connectivity index is 2.60. The van der Waals surface area contributed by atoms with E-state index < -0.39 is 0 Å². The Hall–Kier alpha value is -1.78. The van der Waals surface area contributed by atoms with Gasteiger partial charge in [0.15, 0.2) is 0 Å². The average molecular weight is 206 g/mol. The highest BCUT2D eigenvalue weighted by atomic mass is 16.5. The van der Waals surface area contributed by atoms with Crippen LogP contribution in [-0.4, -0.2) is 14.9 Å². The zero-order chi connectivity index (χ0) is 11.0. The van der Waals surface area contributed by atoms with Crippen LogP contribution in [0.15, 0.2) is 10.6 Å². The largest absolute Gasteiger partial charge is 0.395 e. The molecule has 80 valence electrons. The van der Waals surface area contributed by atoms with Crippen LogP contribution in [0.4, 0.5) is 5.69 Å². The average Bonchev–Trinajstić information content (AvgIpc) is 2.73. The third kappa shape index (κ3) is 1.49. The Morgan fingerprint density at radius 1 is 1.47 bits per heavy atom. The molecule has 0 radical (unpaired) electrons. The fourth-order valence-electron chi connectivity index (χ4n) is 1.57. The standard InChI is InChI=1S/C10H14N4O/c1-4-14-10(9(11)7(3)12-14)8-5-6(2)15-13-8/h5H,4,11H2,1-3H3. The number of rotatable bonds is 2. The Kier molecular flexibility index (Phi) is 2.22. The van der Waals surface area contributed by atoms with Crippen molar-refractivity contribution in [1.29, 1.82) is 0 Å². The first-order chi connectivity index (χ1) is 7.13. The predicted molar refractivity (Wildman–Crippen MR) is 57.3 cm³/mol. The summed E-state index contributed by atoms with van der Waals surface area (Å²) in [7, 11) is 0. The Morgan fingerprint density at radius 3 is 2.73 bits per heavy atom. The molecule has 5 nitrogen and oxygen atoms in total. The molecule has 2 rings (SSSR count). The lowest BCUT2D eigenvalue weighted by Crippen LogP contribution is -2.00. The molecular weight excluding hydrogens is 192 g/mol. The number of aryl methyl sites for hydroxylation is 3. The van der Waals surface area contributed by atoms with Crippen molar-refractivity contribution < 1.29 is 4.52 Å². The van der Waals surface area contributed by atoms with Crippen LogP contribution in [0.1, 0.15) is 18.4 Å². The third-order valence-electron chi connectivity index (χ3n) is 2.34. The van der Waals surface area contributed by atoms with E-state index in [9.17, 15) is 0 Å². The van der Waals surface area contributed by atoms with E-state index in [0.29, 0.717) is 5.69 Å². The van der Waals surface area contributed by atoms with Gasteiger partial charge in [-0.15, -0.1) is 0 Å². The second-order valence-electron chi connectivity index (χ2n) is 3.49. The summed E-state index contributed by atoms with van der Waals surface area (Å²) in [5.41, 5.74) is 9.04. The lowest BCUT2D eigenvalue weighted by atomic mass is 10.2. The maximum absolute atomic E-state index is 5.96. The summed E-state index contributed by atoms with van der Waals surface area (Å²) in [5, 5.41) is 8.28. The van der Waals surface area contributed by atoms with E-state index in [2.05, 4.69) is 10.3 Å². The molecule has 0 unspecified atom stereocenters. The molecule has 2 N–H and O–H groups in total. The second kappa shape index (κ2) is 3.42. The van der Waals surface area contributed by atoms with E-state index in [0.717, 1.165) is 29.4 Å². The van der Waals surface area contributed by atoms with Crippen LogP contribution >= 0.6 is 0 Å². The van der Waals surface area contributed by atoms with Crippen molar-refractivity contribution in [3.63, 3.8) is 0 Å². The van der Waals surface area contributed by atoms with Crippen LogP contribution in [0.5, 0.6) is 0 Å². The first-order valence-electron chi connectivity index (χ1n) is 4.90. The van der Waals surface area contributed by atoms with Crippen molar-refractivity contribution in [3.8, 4) is 11.4 Å². The van der Waals surface area contributed by atoms with Gasteiger partial charge in [-0.25, -0.2) is 0 Å². The fraction of sp³-hybridized carbons (Fsp3) is 0.400. The molecule has 2 heterocycles. The van der Waals surface area contributed by atoms with E-state index >= 15 is 0 Å². The second-order valence-corrected chi connectivity index (χ2v) is 3.49. The van der Waals surface area contributed by atoms with Crippen LogP contribution in [-0.2, 0) is 6.54 Å². The molecule has 5 heteroatoms. The molecule has 0 saturated heterocycles. The SMILES string of the molecule is CCn1nc(C)c(N)c1-c1cc(C)on1. The molecule has 2 aromatic rings. The zero-order valence-electron chi connectivity index (χ0n) is 9.11. The number of nitrogens with two attached hydrogens (primary N) is 1. The minimum atomic E-state index is 0.671. The van der Waals surface area contributed by atoms with Gasteiger partial charge in [0.1, 0.15) is 17.1 Å². The summed E-state index contributed by atoms with van der Waals surface area (Å²) >= 11 is 0. The molecule has 0 aliphatic heterocycles. The van der Waals surface area contributed by atoms with E-state index in [1.807, 2.05) is 31.5 Å². The number of aromatic nitrogens is 3. The van der Waals surface area contributed by atoms with Gasteiger partial charge in [-0.1, -0.05) is 5.16 Å². The monoisotopic (exact) mass is 206 g/mol. The molecule has 0 aliphatic rings. The molecule has 0 aromatic carbocycles. The van der Waals surface area contributed by atoms with Gasteiger partial charge in [-0.3, -0.25) is 4.68 Å². The summed E-state index contributed by atoms with van der Waals surface area (Å²) in [4.78, 5) is 0. The predicted octanol–water partition coefficient (Wildman–Crippen LogP) is 1.76. The van der Waals surface area contributed by atoms with Gasteiger partial charge in [0.05, 0.1) is 11.4 Å². The zero-order valence-corrected chi connectivity index (χ0v) is 9.11. The molecule has 0 aliphatic carbocycles. The van der Waals surface area contributed by atoms with E-state index in [4.69, 9.17) is 10.3 Å². The summed E-state index contributed by atoms with van der Waals surface area (Å²) in [5.74, 6) is 0.769. The number of nitrogen functional groups attached to an aromatic ring is 1. The summed E-state index contributed by atoms with van der Waals surface area (Å²) in [6.45, 7) is 6.52. The highest BCUT2D eigenvalue weighted by molar-refractivity contribution is 5.72. The van der Waals surface area contributed by atoms with E-state index in [-0.39, 0.29) is 0 Å². The Labute approximate surface area is 87.9 Å². The van der Waals surface area contributed by atoms with E-state index in [1.165, 1.54) is 0 Å². The minimum absolute atomic E-state index is 0.671. The van der Waals surface area contributed by atoms with Crippen LogP contribution in [0.3, 0.4) is 0 Å². The molecule has 0 atom stereocenters. The molecule has 0 fully saturated rings. The van der Waals surface area contributed by atoms with Crippen molar-refractivity contribution >= 4 is 5.69 Å². The molecule has 15 heavy (non-hydrogen) atoms. The van der Waals surface area contributed by atoms with Crippen molar-refractivity contribution in [2.45, 2.75) is 27.3 Å². The highest BCUT2D eigenvalue weighted by Gasteiger charge is 2.16. The lowest BCUT2D eigenvalue weighted by molar-refractivity contribution is 0.399. The summed E-state index contributed by atoms with van der Waals surface area (Å²) in [6.07, 6.45) is 0. The first-order valence-corrected chi connectivity index (χ1v) is 4.90. The summed E-state index contributed by atoms with van der Waals surface area (Å²) < 4.78 is 6.87. The first kappa shape index (κ1) is 9.76. The van der Waals surface area contributed by atoms with Gasteiger partial charge in [0.25, 0.3) is 0 Å². The molecule has 2 aromatic heterocycles. The molecule has 0 saturated carbocycles. The fourth-order valence-corrected chi connectivity index (χ4v) is 1.57.